The first-order valence-corrected chi connectivity index (χ1v) is 6.00. The van der Waals surface area contributed by atoms with Crippen LogP contribution in [0.3, 0.4) is 0 Å². The molecule has 0 saturated carbocycles. The number of hydrogen-bond donors (Lipinski definition) is 2. The summed E-state index contributed by atoms with van der Waals surface area (Å²) in [6.07, 6.45) is 1.22. The molecule has 0 unspecified atom stereocenters. The number of hydrogen-bond acceptors (Lipinski definition) is 4. The van der Waals surface area contributed by atoms with Crippen LogP contribution in [0.25, 0.3) is 0 Å². The Morgan fingerprint density at radius 2 is 2.20 bits per heavy atom. The van der Waals surface area contributed by atoms with Crippen LogP contribution in [0.2, 0.25) is 0 Å². The second-order valence-electron chi connectivity index (χ2n) is 4.37. The lowest BCUT2D eigenvalue weighted by molar-refractivity contribution is -0.122. The minimum Gasteiger partial charge on any atom is -0.476 e. The number of benzene rings is 1. The molecule has 0 fully saturated rings. The number of rotatable bonds is 5. The molecule has 2 aromatic rings. The Morgan fingerprint density at radius 1 is 1.40 bits per heavy atom. The molecule has 0 atom stereocenters. The highest BCUT2D eigenvalue weighted by Gasteiger charge is 2.10. The molecule has 0 aliphatic rings. The Hall–Kier alpha value is -2.70. The molecule has 104 valence electrons. The quantitative estimate of drug-likeness (QED) is 0.832. The zero-order valence-corrected chi connectivity index (χ0v) is 10.9. The number of nitrogens with one attached hydrogen (secondary N) is 1. The normalized spacial score (nSPS) is 10.2. The molecule has 0 aliphatic carbocycles. The fraction of sp³-hybridized carbons (Fsp3) is 0.231. The van der Waals surface area contributed by atoms with E-state index in [2.05, 4.69) is 15.6 Å². The molecule has 0 aliphatic heterocycles. The van der Waals surface area contributed by atoms with Crippen LogP contribution in [0.15, 0.2) is 30.5 Å². The first kappa shape index (κ1) is 13.7. The van der Waals surface area contributed by atoms with Gasteiger partial charge in [-0.3, -0.25) is 4.79 Å². The highest BCUT2D eigenvalue weighted by atomic mass is 16.4. The van der Waals surface area contributed by atoms with Gasteiger partial charge in [-0.25, -0.2) is 9.48 Å². The summed E-state index contributed by atoms with van der Waals surface area (Å²) in [4.78, 5) is 22.3. The van der Waals surface area contributed by atoms with Crippen LogP contribution in [0.5, 0.6) is 0 Å². The van der Waals surface area contributed by atoms with E-state index in [1.54, 1.807) is 0 Å². The Morgan fingerprint density at radius 3 is 2.85 bits per heavy atom. The number of carbonyl (C=O) groups excluding carboxylic acids is 1. The van der Waals surface area contributed by atoms with Crippen molar-refractivity contribution in [3.05, 3.63) is 47.3 Å². The van der Waals surface area contributed by atoms with Crippen molar-refractivity contribution in [2.45, 2.75) is 20.0 Å². The van der Waals surface area contributed by atoms with Crippen LogP contribution in [0.4, 0.5) is 0 Å². The monoisotopic (exact) mass is 274 g/mol. The summed E-state index contributed by atoms with van der Waals surface area (Å²) in [6.45, 7) is 2.33. The summed E-state index contributed by atoms with van der Waals surface area (Å²) in [5, 5.41) is 18.4. The summed E-state index contributed by atoms with van der Waals surface area (Å²) in [5.41, 5.74) is 1.94. The molecule has 1 heterocycles. The van der Waals surface area contributed by atoms with E-state index in [4.69, 9.17) is 5.11 Å². The number of aryl methyl sites for hydroxylation is 1. The zero-order valence-electron chi connectivity index (χ0n) is 10.9. The number of amides is 1. The van der Waals surface area contributed by atoms with Gasteiger partial charge in [-0.15, -0.1) is 5.10 Å². The van der Waals surface area contributed by atoms with Crippen molar-refractivity contribution in [2.75, 3.05) is 0 Å². The van der Waals surface area contributed by atoms with Gasteiger partial charge in [0, 0.05) is 6.54 Å². The third-order valence-electron chi connectivity index (χ3n) is 2.64. The van der Waals surface area contributed by atoms with E-state index in [1.807, 2.05) is 31.2 Å². The molecule has 7 nitrogen and oxygen atoms in total. The average Bonchev–Trinajstić information content (AvgIpc) is 2.85. The summed E-state index contributed by atoms with van der Waals surface area (Å²) >= 11 is 0. The fourth-order valence-electron chi connectivity index (χ4n) is 1.70. The smallest absolute Gasteiger partial charge is 0.358 e. The molecular weight excluding hydrogens is 260 g/mol. The zero-order chi connectivity index (χ0) is 14.5. The van der Waals surface area contributed by atoms with Gasteiger partial charge in [0.25, 0.3) is 0 Å². The third kappa shape index (κ3) is 3.64. The minimum absolute atomic E-state index is 0.0634. The second kappa shape index (κ2) is 5.96. The molecule has 20 heavy (non-hydrogen) atoms. The van der Waals surface area contributed by atoms with E-state index < -0.39 is 5.97 Å². The van der Waals surface area contributed by atoms with E-state index in [-0.39, 0.29) is 18.1 Å². The van der Waals surface area contributed by atoms with Crippen molar-refractivity contribution in [3.63, 3.8) is 0 Å². The van der Waals surface area contributed by atoms with Gasteiger partial charge >= 0.3 is 5.97 Å². The molecule has 1 aromatic carbocycles. The van der Waals surface area contributed by atoms with Crippen molar-refractivity contribution in [1.82, 2.24) is 20.3 Å². The van der Waals surface area contributed by atoms with E-state index in [0.29, 0.717) is 6.54 Å². The van der Waals surface area contributed by atoms with E-state index >= 15 is 0 Å². The highest BCUT2D eigenvalue weighted by molar-refractivity contribution is 5.84. The maximum atomic E-state index is 11.7. The van der Waals surface area contributed by atoms with Crippen LogP contribution in [0, 0.1) is 6.92 Å². The molecule has 1 aromatic heterocycles. The van der Waals surface area contributed by atoms with Gasteiger partial charge in [-0.05, 0) is 12.5 Å². The highest BCUT2D eigenvalue weighted by Crippen LogP contribution is 2.03. The van der Waals surface area contributed by atoms with Gasteiger partial charge in [0.1, 0.15) is 6.54 Å². The Balaban J connectivity index is 1.87. The van der Waals surface area contributed by atoms with Crippen molar-refractivity contribution in [3.8, 4) is 0 Å². The average molecular weight is 274 g/mol. The van der Waals surface area contributed by atoms with Crippen LogP contribution >= 0.6 is 0 Å². The lowest BCUT2D eigenvalue weighted by Gasteiger charge is -2.05. The van der Waals surface area contributed by atoms with Crippen LogP contribution < -0.4 is 5.32 Å². The number of carboxylic acids is 1. The maximum absolute atomic E-state index is 11.7. The van der Waals surface area contributed by atoms with Gasteiger partial charge in [0.15, 0.2) is 5.69 Å². The number of carboxylic acid groups (broad SMARTS) is 1. The molecule has 0 radical (unpaired) electrons. The number of aromatic nitrogens is 3. The van der Waals surface area contributed by atoms with Crippen molar-refractivity contribution in [1.29, 1.82) is 0 Å². The van der Waals surface area contributed by atoms with Gasteiger partial charge in [0.2, 0.25) is 5.91 Å². The van der Waals surface area contributed by atoms with Crippen molar-refractivity contribution < 1.29 is 14.7 Å². The Kier molecular flexibility index (Phi) is 4.09. The van der Waals surface area contributed by atoms with Crippen LogP contribution in [0.1, 0.15) is 21.6 Å². The van der Waals surface area contributed by atoms with E-state index in [1.165, 1.54) is 10.9 Å². The topological polar surface area (TPSA) is 97.1 Å². The first-order valence-electron chi connectivity index (χ1n) is 6.00. The van der Waals surface area contributed by atoms with E-state index in [0.717, 1.165) is 11.1 Å². The maximum Gasteiger partial charge on any atom is 0.358 e. The predicted octanol–water partition coefficient (Wildman–Crippen LogP) is 0.601. The number of aromatic carboxylic acids is 1. The summed E-state index contributed by atoms with van der Waals surface area (Å²) < 4.78 is 1.19. The molecule has 1 amide bonds. The molecular formula is C13H14N4O3. The second-order valence-corrected chi connectivity index (χ2v) is 4.37. The van der Waals surface area contributed by atoms with Crippen molar-refractivity contribution in [2.24, 2.45) is 0 Å². The fourth-order valence-corrected chi connectivity index (χ4v) is 1.70. The first-order chi connectivity index (χ1) is 9.54. The Labute approximate surface area is 115 Å². The molecule has 7 heteroatoms. The van der Waals surface area contributed by atoms with Crippen molar-refractivity contribution >= 4 is 11.9 Å². The summed E-state index contributed by atoms with van der Waals surface area (Å²) in [5.74, 6) is -1.43. The van der Waals surface area contributed by atoms with Crippen LogP contribution in [-0.2, 0) is 17.9 Å². The van der Waals surface area contributed by atoms with Gasteiger partial charge in [-0.2, -0.15) is 0 Å². The predicted molar refractivity (Wildman–Crippen MR) is 70.0 cm³/mol. The van der Waals surface area contributed by atoms with Gasteiger partial charge in [0.05, 0.1) is 6.20 Å². The van der Waals surface area contributed by atoms with Crippen LogP contribution in [-0.4, -0.2) is 32.0 Å². The summed E-state index contributed by atoms with van der Waals surface area (Å²) in [6, 6.07) is 7.81. The summed E-state index contributed by atoms with van der Waals surface area (Å²) in [7, 11) is 0. The SMILES string of the molecule is Cc1cccc(CNC(=O)Cn2cc(C(=O)O)nn2)c1. The molecule has 2 rings (SSSR count). The number of nitrogens with zero attached hydrogens (tertiary/aromatic N) is 3. The van der Waals surface area contributed by atoms with Gasteiger partial charge in [-0.1, -0.05) is 35.0 Å². The molecule has 0 bridgehead atoms. The minimum atomic E-state index is -1.17. The molecule has 0 saturated heterocycles. The largest absolute Gasteiger partial charge is 0.476 e. The number of carbonyl (C=O) groups is 2. The standard InChI is InChI=1S/C13H14N4O3/c1-9-3-2-4-10(5-9)6-14-12(18)8-17-7-11(13(19)20)15-16-17/h2-5,7H,6,8H2,1H3,(H,14,18)(H,19,20). The third-order valence-corrected chi connectivity index (χ3v) is 2.64. The van der Waals surface area contributed by atoms with E-state index in [9.17, 15) is 9.59 Å². The Bertz CT molecular complexity index is 636. The lowest BCUT2D eigenvalue weighted by atomic mass is 10.1. The molecule has 2 N–H and O–H groups in total. The molecule has 0 spiro atoms. The van der Waals surface area contributed by atoms with Gasteiger partial charge < -0.3 is 10.4 Å². The lowest BCUT2D eigenvalue weighted by Crippen LogP contribution is -2.27.